The summed E-state index contributed by atoms with van der Waals surface area (Å²) in [5.41, 5.74) is 8.66. The summed E-state index contributed by atoms with van der Waals surface area (Å²) < 4.78 is 14.8. The van der Waals surface area contributed by atoms with Crippen molar-refractivity contribution in [2.24, 2.45) is 5.73 Å². The molecular weight excluding hydrogens is 231 g/mol. The fourth-order valence-electron chi connectivity index (χ4n) is 1.88. The zero-order chi connectivity index (χ0) is 12.5. The molecule has 90 valence electrons. The fourth-order valence-corrected chi connectivity index (χ4v) is 1.88. The van der Waals surface area contributed by atoms with Gasteiger partial charge in [-0.25, -0.2) is 14.4 Å². The van der Waals surface area contributed by atoms with Crippen molar-refractivity contribution in [2.45, 2.75) is 6.54 Å². The predicted molar refractivity (Wildman–Crippen MR) is 66.3 cm³/mol. The normalized spacial score (nSPS) is 11.0. The second kappa shape index (κ2) is 4.19. The Morgan fingerprint density at radius 1 is 1.22 bits per heavy atom. The number of halogens is 1. The van der Waals surface area contributed by atoms with E-state index in [-0.39, 0.29) is 5.82 Å². The highest BCUT2D eigenvalue weighted by Crippen LogP contribution is 2.22. The Kier molecular flexibility index (Phi) is 2.53. The van der Waals surface area contributed by atoms with Gasteiger partial charge in [-0.15, -0.1) is 0 Å². The molecule has 4 nitrogen and oxygen atoms in total. The average molecular weight is 242 g/mol. The minimum atomic E-state index is -0.270. The van der Waals surface area contributed by atoms with Gasteiger partial charge in [-0.2, -0.15) is 0 Å². The number of nitrogens with zero attached hydrogens (tertiary/aromatic N) is 3. The molecule has 0 radical (unpaired) electrons. The number of rotatable bonds is 2. The maximum Gasteiger partial charge on any atom is 0.163 e. The molecule has 18 heavy (non-hydrogen) atoms. The summed E-state index contributed by atoms with van der Waals surface area (Å²) in [7, 11) is 0. The first-order valence-corrected chi connectivity index (χ1v) is 5.56. The van der Waals surface area contributed by atoms with Crippen LogP contribution in [0.2, 0.25) is 0 Å². The smallest absolute Gasteiger partial charge is 0.163 e. The van der Waals surface area contributed by atoms with Crippen LogP contribution in [0.1, 0.15) is 5.69 Å². The molecule has 0 aliphatic rings. The lowest BCUT2D eigenvalue weighted by atomic mass is 10.1. The van der Waals surface area contributed by atoms with Crippen LogP contribution in [0.5, 0.6) is 0 Å². The molecule has 3 rings (SSSR count). The summed E-state index contributed by atoms with van der Waals surface area (Å²) in [4.78, 5) is 8.72. The van der Waals surface area contributed by atoms with E-state index in [0.29, 0.717) is 12.2 Å². The quantitative estimate of drug-likeness (QED) is 0.747. The Balaban J connectivity index is 2.26. The number of nitrogens with two attached hydrogens (primary N) is 1. The largest absolute Gasteiger partial charge is 0.325 e. The van der Waals surface area contributed by atoms with Gasteiger partial charge in [-0.3, -0.25) is 0 Å². The summed E-state index contributed by atoms with van der Waals surface area (Å²) in [5.74, 6) is -0.270. The van der Waals surface area contributed by atoms with Crippen LogP contribution in [-0.4, -0.2) is 14.4 Å². The van der Waals surface area contributed by atoms with Gasteiger partial charge in [0, 0.05) is 30.7 Å². The minimum Gasteiger partial charge on any atom is -0.325 e. The number of aromatic nitrogens is 3. The van der Waals surface area contributed by atoms with Crippen molar-refractivity contribution in [2.75, 3.05) is 0 Å². The molecule has 0 aliphatic carbocycles. The molecule has 0 saturated carbocycles. The van der Waals surface area contributed by atoms with Crippen LogP contribution in [0.25, 0.3) is 16.9 Å². The molecule has 0 amide bonds. The lowest BCUT2D eigenvalue weighted by Gasteiger charge is -2.06. The lowest BCUT2D eigenvalue weighted by Crippen LogP contribution is -2.04. The molecule has 0 unspecified atom stereocenters. The SMILES string of the molecule is NCc1cn2ccnc2c(-c2ccc(F)cc2)n1. The van der Waals surface area contributed by atoms with Gasteiger partial charge in [0.1, 0.15) is 11.5 Å². The molecule has 2 N–H and O–H groups in total. The molecule has 2 aromatic heterocycles. The van der Waals surface area contributed by atoms with E-state index in [9.17, 15) is 4.39 Å². The minimum absolute atomic E-state index is 0.270. The number of benzene rings is 1. The van der Waals surface area contributed by atoms with Crippen LogP contribution >= 0.6 is 0 Å². The van der Waals surface area contributed by atoms with E-state index in [2.05, 4.69) is 9.97 Å². The number of hydrogen-bond acceptors (Lipinski definition) is 3. The van der Waals surface area contributed by atoms with Gasteiger partial charge < -0.3 is 10.1 Å². The van der Waals surface area contributed by atoms with Crippen LogP contribution in [-0.2, 0) is 6.54 Å². The number of fused-ring (bicyclic) bond motifs is 1. The zero-order valence-corrected chi connectivity index (χ0v) is 9.55. The molecule has 0 atom stereocenters. The maximum absolute atomic E-state index is 12.9. The van der Waals surface area contributed by atoms with Crippen molar-refractivity contribution < 1.29 is 4.39 Å². The molecule has 0 spiro atoms. The predicted octanol–water partition coefficient (Wildman–Crippen LogP) is 1.99. The topological polar surface area (TPSA) is 56.2 Å². The lowest BCUT2D eigenvalue weighted by molar-refractivity contribution is 0.628. The van der Waals surface area contributed by atoms with Gasteiger partial charge in [0.05, 0.1) is 5.69 Å². The fraction of sp³-hybridized carbons (Fsp3) is 0.0769. The highest BCUT2D eigenvalue weighted by Gasteiger charge is 2.09. The van der Waals surface area contributed by atoms with E-state index >= 15 is 0 Å². The van der Waals surface area contributed by atoms with Crippen LogP contribution in [0.15, 0.2) is 42.9 Å². The highest BCUT2D eigenvalue weighted by molar-refractivity contribution is 5.73. The van der Waals surface area contributed by atoms with Crippen molar-refractivity contribution >= 4 is 5.65 Å². The first kappa shape index (κ1) is 10.9. The second-order valence-corrected chi connectivity index (χ2v) is 3.95. The Bertz CT molecular complexity index is 688. The molecule has 3 aromatic rings. The number of hydrogen-bond donors (Lipinski definition) is 1. The third kappa shape index (κ3) is 1.74. The van der Waals surface area contributed by atoms with Crippen molar-refractivity contribution in [1.82, 2.24) is 14.4 Å². The zero-order valence-electron chi connectivity index (χ0n) is 9.55. The first-order chi connectivity index (χ1) is 8.78. The third-order valence-electron chi connectivity index (χ3n) is 2.75. The second-order valence-electron chi connectivity index (χ2n) is 3.95. The molecule has 0 bridgehead atoms. The Morgan fingerprint density at radius 2 is 2.00 bits per heavy atom. The van der Waals surface area contributed by atoms with Crippen LogP contribution < -0.4 is 5.73 Å². The van der Waals surface area contributed by atoms with Crippen LogP contribution in [0.4, 0.5) is 4.39 Å². The van der Waals surface area contributed by atoms with E-state index in [1.807, 2.05) is 16.8 Å². The van der Waals surface area contributed by atoms with Gasteiger partial charge >= 0.3 is 0 Å². The maximum atomic E-state index is 12.9. The molecule has 1 aromatic carbocycles. The van der Waals surface area contributed by atoms with Crippen molar-refractivity contribution in [3.05, 3.63) is 54.4 Å². The van der Waals surface area contributed by atoms with Gasteiger partial charge in [-0.1, -0.05) is 0 Å². The third-order valence-corrected chi connectivity index (χ3v) is 2.75. The molecular formula is C13H11FN4. The summed E-state index contributed by atoms with van der Waals surface area (Å²) in [6, 6.07) is 6.19. The van der Waals surface area contributed by atoms with Gasteiger partial charge in [0.15, 0.2) is 5.65 Å². The summed E-state index contributed by atoms with van der Waals surface area (Å²) in [5, 5.41) is 0. The van der Waals surface area contributed by atoms with E-state index in [0.717, 1.165) is 16.9 Å². The van der Waals surface area contributed by atoms with Crippen molar-refractivity contribution in [3.63, 3.8) is 0 Å². The molecule has 0 aliphatic heterocycles. The Labute approximate surface area is 103 Å². The molecule has 0 fully saturated rings. The van der Waals surface area contributed by atoms with E-state index < -0.39 is 0 Å². The highest BCUT2D eigenvalue weighted by atomic mass is 19.1. The number of imidazole rings is 1. The summed E-state index contributed by atoms with van der Waals surface area (Å²) in [6.07, 6.45) is 5.38. The molecule has 2 heterocycles. The van der Waals surface area contributed by atoms with E-state index in [4.69, 9.17) is 5.73 Å². The van der Waals surface area contributed by atoms with Gasteiger partial charge in [0.2, 0.25) is 0 Å². The summed E-state index contributed by atoms with van der Waals surface area (Å²) in [6.45, 7) is 0.350. The van der Waals surface area contributed by atoms with E-state index in [1.165, 1.54) is 12.1 Å². The Morgan fingerprint density at radius 3 is 2.72 bits per heavy atom. The van der Waals surface area contributed by atoms with E-state index in [1.54, 1.807) is 18.3 Å². The van der Waals surface area contributed by atoms with Gasteiger partial charge in [-0.05, 0) is 24.3 Å². The average Bonchev–Trinajstić information content (AvgIpc) is 2.86. The van der Waals surface area contributed by atoms with Crippen molar-refractivity contribution in [1.29, 1.82) is 0 Å². The van der Waals surface area contributed by atoms with Gasteiger partial charge in [0.25, 0.3) is 0 Å². The van der Waals surface area contributed by atoms with Crippen LogP contribution in [0, 0.1) is 5.82 Å². The standard InChI is InChI=1S/C13H11FN4/c14-10-3-1-9(2-4-10)12-13-16-5-6-18(13)8-11(7-15)17-12/h1-6,8H,7,15H2. The Hall–Kier alpha value is -2.27. The summed E-state index contributed by atoms with van der Waals surface area (Å²) >= 11 is 0. The molecule has 5 heteroatoms. The van der Waals surface area contributed by atoms with Crippen molar-refractivity contribution in [3.8, 4) is 11.3 Å². The monoisotopic (exact) mass is 242 g/mol. The first-order valence-electron chi connectivity index (χ1n) is 5.56. The van der Waals surface area contributed by atoms with Crippen LogP contribution in [0.3, 0.4) is 0 Å². The molecule has 0 saturated heterocycles.